The number of rotatable bonds is 10. The van der Waals surface area contributed by atoms with Crippen LogP contribution in [0.3, 0.4) is 0 Å². The van der Waals surface area contributed by atoms with Gasteiger partial charge in [0, 0.05) is 101 Å². The molecule has 4 heterocycles. The second kappa shape index (κ2) is 20.2. The Morgan fingerprint density at radius 3 is 0.943 bits per heavy atom. The molecule has 0 amide bonds. The van der Waals surface area contributed by atoms with Crippen molar-refractivity contribution < 1.29 is 0 Å². The van der Waals surface area contributed by atoms with E-state index in [4.69, 9.17) is 0 Å². The second-order valence-electron chi connectivity index (χ2n) is 23.0. The summed E-state index contributed by atoms with van der Waals surface area (Å²) in [5, 5.41) is 4.76. The molecule has 2 aromatic heterocycles. The minimum Gasteiger partial charge on any atom is -0.311 e. The van der Waals surface area contributed by atoms with Gasteiger partial charge in [0.25, 0.3) is 6.71 Å². The first-order valence-electron chi connectivity index (χ1n) is 30.0. The average molecular weight is 1110 g/mol. The molecule has 0 unspecified atom stereocenters. The van der Waals surface area contributed by atoms with Gasteiger partial charge in [0.1, 0.15) is 0 Å². The predicted octanol–water partition coefficient (Wildman–Crippen LogP) is 19.5. The number of aromatic nitrogens is 2. The summed E-state index contributed by atoms with van der Waals surface area (Å²) in [6, 6.07) is 114. The number of fused-ring (bicyclic) bond motifs is 10. The maximum absolute atomic E-state index is 2.57. The highest BCUT2D eigenvalue weighted by atomic mass is 15.2. The Hall–Kier alpha value is -11.3. The summed E-state index contributed by atoms with van der Waals surface area (Å²) in [6.07, 6.45) is 0. The molecule has 0 fully saturated rings. The third kappa shape index (κ3) is 7.97. The number of benzene rings is 13. The predicted molar refractivity (Wildman–Crippen MR) is 368 cm³/mol. The van der Waals surface area contributed by atoms with E-state index in [0.29, 0.717) is 0 Å². The molecule has 2 aliphatic rings. The molecule has 17 rings (SSSR count). The van der Waals surface area contributed by atoms with Gasteiger partial charge in [-0.1, -0.05) is 164 Å². The fourth-order valence-corrected chi connectivity index (χ4v) is 14.3. The molecule has 410 valence electrons. The first-order valence-corrected chi connectivity index (χ1v) is 30.0. The van der Waals surface area contributed by atoms with Gasteiger partial charge in [-0.25, -0.2) is 0 Å². The average Bonchev–Trinajstić information content (AvgIpc) is 1.77. The summed E-state index contributed by atoms with van der Waals surface area (Å²) in [5.74, 6) is 0. The molecule has 13 aromatic carbocycles. The molecular weight excluding hydrogens is 1060 g/mol. The van der Waals surface area contributed by atoms with Crippen molar-refractivity contribution >= 4 is 135 Å². The summed E-state index contributed by atoms with van der Waals surface area (Å²) in [6.45, 7) is 4.33. The zero-order valence-electron chi connectivity index (χ0n) is 48.2. The van der Waals surface area contributed by atoms with Crippen LogP contribution in [-0.4, -0.2) is 15.8 Å². The smallest absolute Gasteiger partial charge is 0.252 e. The van der Waals surface area contributed by atoms with Crippen molar-refractivity contribution in [1.82, 2.24) is 9.13 Å². The van der Waals surface area contributed by atoms with E-state index in [1.54, 1.807) is 0 Å². The van der Waals surface area contributed by atoms with E-state index < -0.39 is 0 Å². The Kier molecular flexibility index (Phi) is 11.7. The Bertz CT molecular complexity index is 4740. The summed E-state index contributed by atoms with van der Waals surface area (Å²) >= 11 is 0. The molecule has 0 saturated carbocycles. The highest BCUT2D eigenvalue weighted by Gasteiger charge is 2.45. The van der Waals surface area contributed by atoms with E-state index in [9.17, 15) is 0 Å². The lowest BCUT2D eigenvalue weighted by molar-refractivity contribution is 1.17. The first-order chi connectivity index (χ1) is 43.0. The number of hydrogen-bond donors (Lipinski definition) is 0. The molecule has 15 aromatic rings. The Balaban J connectivity index is 0.978. The molecule has 0 atom stereocenters. The van der Waals surface area contributed by atoms with E-state index >= 15 is 0 Å². The van der Waals surface area contributed by atoms with Crippen LogP contribution in [0.15, 0.2) is 309 Å². The third-order valence-electron chi connectivity index (χ3n) is 18.0. The number of hydrogen-bond acceptors (Lipinski definition) is 4. The molecule has 0 bridgehead atoms. The third-order valence-corrected chi connectivity index (χ3v) is 18.0. The van der Waals surface area contributed by atoms with Crippen LogP contribution in [0, 0.1) is 13.8 Å². The summed E-state index contributed by atoms with van der Waals surface area (Å²) in [5.41, 5.74) is 26.5. The molecule has 2 aliphatic heterocycles. The van der Waals surface area contributed by atoms with Crippen molar-refractivity contribution in [3.05, 3.63) is 321 Å². The number of para-hydroxylation sites is 8. The zero-order chi connectivity index (χ0) is 57.7. The Morgan fingerprint density at radius 1 is 0.253 bits per heavy atom. The fraction of sp³-hybridized carbons (Fsp3) is 0.0250. The molecule has 0 radical (unpaired) electrons. The second-order valence-corrected chi connectivity index (χ2v) is 23.0. The van der Waals surface area contributed by atoms with Crippen molar-refractivity contribution in [1.29, 1.82) is 0 Å². The summed E-state index contributed by atoms with van der Waals surface area (Å²) in [7, 11) is 0. The summed E-state index contributed by atoms with van der Waals surface area (Å²) < 4.78 is 5.02. The maximum Gasteiger partial charge on any atom is 0.252 e. The molecule has 0 aliphatic carbocycles. The van der Waals surface area contributed by atoms with Crippen LogP contribution in [0.1, 0.15) is 11.1 Å². The van der Waals surface area contributed by atoms with E-state index in [1.807, 2.05) is 0 Å². The van der Waals surface area contributed by atoms with E-state index in [1.165, 1.54) is 71.8 Å². The van der Waals surface area contributed by atoms with Gasteiger partial charge in [0.05, 0.1) is 22.1 Å². The van der Waals surface area contributed by atoms with Gasteiger partial charge in [0.2, 0.25) is 0 Å². The normalized spacial score (nSPS) is 12.4. The van der Waals surface area contributed by atoms with Crippen LogP contribution in [0.2, 0.25) is 0 Å². The highest BCUT2D eigenvalue weighted by molar-refractivity contribution is 7.00. The topological polar surface area (TPSA) is 22.8 Å². The number of anilines is 12. The van der Waals surface area contributed by atoms with Gasteiger partial charge < -0.3 is 28.7 Å². The molecule has 87 heavy (non-hydrogen) atoms. The lowest BCUT2D eigenvalue weighted by Gasteiger charge is -2.44. The molecule has 0 saturated heterocycles. The Labute approximate surface area is 506 Å². The lowest BCUT2D eigenvalue weighted by atomic mass is 9.33. The minimum atomic E-state index is -0.176. The van der Waals surface area contributed by atoms with E-state index in [2.05, 4.69) is 352 Å². The van der Waals surface area contributed by atoms with Crippen molar-refractivity contribution in [3.8, 4) is 11.4 Å². The fourth-order valence-electron chi connectivity index (χ4n) is 14.3. The first kappa shape index (κ1) is 50.3. The maximum atomic E-state index is 2.57. The van der Waals surface area contributed by atoms with Gasteiger partial charge in [-0.2, -0.15) is 0 Å². The largest absolute Gasteiger partial charge is 0.311 e. The highest BCUT2D eigenvalue weighted by Crippen LogP contribution is 2.50. The standard InChI is InChI=1S/C80H57BN6/c1-54-26-21-23-40-70(54)86-72-42-25-43-73-80(72)81(68-52-76-66(50-78(68)86)64-46-44-62(48-74(64)84(76)60-36-17-7-18-37-60)82(56-28-9-3-10-29-56)57-30-11-4-12-31-57)69-53-77-67(51-79(69)87(73)71-41-24-22-27-55(71)2)65-47-45-63(49-75(65)85(77)61-38-19-8-20-39-61)83(58-32-13-5-14-33-58)59-34-15-6-16-35-59/h3-53H,1-2H3. The van der Waals surface area contributed by atoms with Gasteiger partial charge in [-0.3, -0.25) is 0 Å². The zero-order valence-corrected chi connectivity index (χ0v) is 48.2. The van der Waals surface area contributed by atoms with Crippen LogP contribution in [0.5, 0.6) is 0 Å². The van der Waals surface area contributed by atoms with Gasteiger partial charge in [-0.15, -0.1) is 0 Å². The molecular formula is C80H57BN6. The lowest BCUT2D eigenvalue weighted by Crippen LogP contribution is -2.61. The number of nitrogens with zero attached hydrogens (tertiary/aromatic N) is 6. The van der Waals surface area contributed by atoms with Crippen LogP contribution < -0.4 is 36.0 Å². The van der Waals surface area contributed by atoms with Crippen molar-refractivity contribution in [3.63, 3.8) is 0 Å². The molecule has 0 spiro atoms. The molecule has 0 N–H and O–H groups in total. The monoisotopic (exact) mass is 1110 g/mol. The van der Waals surface area contributed by atoms with Crippen LogP contribution in [-0.2, 0) is 0 Å². The number of aryl methyl sites for hydroxylation is 2. The van der Waals surface area contributed by atoms with Crippen molar-refractivity contribution in [2.75, 3.05) is 19.6 Å². The van der Waals surface area contributed by atoms with Gasteiger partial charge in [0.15, 0.2) is 0 Å². The van der Waals surface area contributed by atoms with Crippen LogP contribution in [0.25, 0.3) is 55.0 Å². The van der Waals surface area contributed by atoms with Crippen LogP contribution >= 0.6 is 0 Å². The van der Waals surface area contributed by atoms with E-state index in [0.717, 1.165) is 78.9 Å². The van der Waals surface area contributed by atoms with Crippen molar-refractivity contribution in [2.45, 2.75) is 13.8 Å². The van der Waals surface area contributed by atoms with Gasteiger partial charge >= 0.3 is 0 Å². The van der Waals surface area contributed by atoms with Crippen molar-refractivity contribution in [2.24, 2.45) is 0 Å². The van der Waals surface area contributed by atoms with Crippen LogP contribution in [0.4, 0.5) is 68.2 Å². The minimum absolute atomic E-state index is 0.176. The van der Waals surface area contributed by atoms with E-state index in [-0.39, 0.29) is 6.71 Å². The quantitative estimate of drug-likeness (QED) is 0.127. The molecule has 7 heteroatoms. The van der Waals surface area contributed by atoms with Gasteiger partial charge in [-0.05, 0) is 187 Å². The SMILES string of the molecule is Cc1ccccc1N1c2cc3c4ccc(N(c5ccccc5)c5ccccc5)cc4n(-c4ccccc4)c3cc2B2c3cc4c(cc3N(c3ccccc3C)c3cccc1c32)c1ccc(N(c2ccccc2)c2ccccc2)cc1n4-c1ccccc1. The molecule has 6 nitrogen and oxygen atoms in total. The Morgan fingerprint density at radius 2 is 0.575 bits per heavy atom. The summed E-state index contributed by atoms with van der Waals surface area (Å²) in [4.78, 5) is 9.87.